The Hall–Kier alpha value is -2.90. The highest BCUT2D eigenvalue weighted by atomic mass is 19.3. The fraction of sp³-hybridized carbons (Fsp3) is 0.455. The van der Waals surface area contributed by atoms with E-state index in [9.17, 15) is 23.5 Å². The molecule has 1 aromatic heterocycles. The van der Waals surface area contributed by atoms with E-state index in [1.807, 2.05) is 36.2 Å². The van der Waals surface area contributed by atoms with E-state index in [1.165, 1.54) is 17.2 Å². The Morgan fingerprint density at radius 3 is 2.60 bits per heavy atom. The molecule has 3 unspecified atom stereocenters. The van der Waals surface area contributed by atoms with Crippen LogP contribution in [-0.4, -0.2) is 40.2 Å². The lowest BCUT2D eigenvalue weighted by atomic mass is 9.80. The van der Waals surface area contributed by atoms with Crippen LogP contribution in [0.5, 0.6) is 5.75 Å². The lowest BCUT2D eigenvalue weighted by molar-refractivity contribution is 0.0462. The zero-order chi connectivity index (χ0) is 21.6. The number of halogens is 2. The Morgan fingerprint density at radius 2 is 1.90 bits per heavy atom. The van der Waals surface area contributed by atoms with Gasteiger partial charge in [-0.25, -0.2) is 8.78 Å². The SMILES string of the molecule is Cc1ccccc1C1C(CCC(F)F)CCC2N(C)C(=O)c3c(O)c(=O)ccn3N12. The molecular weight excluding hydrogens is 392 g/mol. The van der Waals surface area contributed by atoms with Gasteiger partial charge in [0.1, 0.15) is 6.17 Å². The van der Waals surface area contributed by atoms with Crippen LogP contribution in [-0.2, 0) is 0 Å². The van der Waals surface area contributed by atoms with Crippen LogP contribution < -0.4 is 10.4 Å². The second-order valence-corrected chi connectivity index (χ2v) is 8.11. The number of aryl methyl sites for hydroxylation is 1. The Labute approximate surface area is 173 Å². The van der Waals surface area contributed by atoms with Gasteiger partial charge in [0, 0.05) is 25.7 Å². The number of piperidine rings is 1. The molecule has 2 aromatic rings. The number of fused-ring (bicyclic) bond motifs is 3. The average Bonchev–Trinajstić information content (AvgIpc) is 2.72. The van der Waals surface area contributed by atoms with Crippen molar-refractivity contribution in [3.63, 3.8) is 0 Å². The van der Waals surface area contributed by atoms with Gasteiger partial charge in [-0.15, -0.1) is 0 Å². The van der Waals surface area contributed by atoms with Gasteiger partial charge in [-0.2, -0.15) is 0 Å². The standard InChI is InChI=1S/C22H25F2N3O3/c1-13-5-3-4-6-15(13)19-14(7-9-17(23)24)8-10-18-25(2)22(30)20-21(29)16(28)11-12-26(20)27(18)19/h3-6,11-12,14,17-19,29H,7-10H2,1-2H3. The highest BCUT2D eigenvalue weighted by Gasteiger charge is 2.46. The van der Waals surface area contributed by atoms with Crippen LogP contribution in [0.2, 0.25) is 0 Å². The molecule has 0 bridgehead atoms. The van der Waals surface area contributed by atoms with Gasteiger partial charge < -0.3 is 10.0 Å². The van der Waals surface area contributed by atoms with Crippen molar-refractivity contribution in [2.24, 2.45) is 5.92 Å². The van der Waals surface area contributed by atoms with Gasteiger partial charge in [-0.3, -0.25) is 19.3 Å². The van der Waals surface area contributed by atoms with E-state index in [-0.39, 0.29) is 30.2 Å². The molecule has 3 heterocycles. The first-order chi connectivity index (χ1) is 14.3. The quantitative estimate of drug-likeness (QED) is 0.828. The number of carbonyl (C=O) groups excluding carboxylic acids is 1. The zero-order valence-corrected chi connectivity index (χ0v) is 17.0. The summed E-state index contributed by atoms with van der Waals surface area (Å²) in [7, 11) is 1.65. The number of rotatable bonds is 4. The first kappa shape index (κ1) is 20.4. The average molecular weight is 417 g/mol. The monoisotopic (exact) mass is 417 g/mol. The number of aromatic nitrogens is 1. The van der Waals surface area contributed by atoms with Crippen molar-refractivity contribution in [2.45, 2.75) is 51.2 Å². The first-order valence-electron chi connectivity index (χ1n) is 10.1. The van der Waals surface area contributed by atoms with Crippen molar-refractivity contribution in [3.05, 3.63) is 63.6 Å². The number of aromatic hydroxyl groups is 1. The van der Waals surface area contributed by atoms with E-state index in [1.54, 1.807) is 11.7 Å². The Morgan fingerprint density at radius 1 is 1.17 bits per heavy atom. The smallest absolute Gasteiger partial charge is 0.277 e. The molecule has 0 saturated carbocycles. The minimum Gasteiger partial charge on any atom is -0.502 e. The number of hydrogen-bond acceptors (Lipinski definition) is 4. The molecule has 1 fully saturated rings. The summed E-state index contributed by atoms with van der Waals surface area (Å²) in [5.41, 5.74) is 1.31. The third-order valence-corrected chi connectivity index (χ3v) is 6.37. The molecule has 3 atom stereocenters. The van der Waals surface area contributed by atoms with Crippen LogP contribution >= 0.6 is 0 Å². The maximum Gasteiger partial charge on any atom is 0.277 e. The van der Waals surface area contributed by atoms with E-state index >= 15 is 0 Å². The number of hydrogen-bond donors (Lipinski definition) is 1. The van der Waals surface area contributed by atoms with E-state index < -0.39 is 23.5 Å². The molecule has 4 rings (SSSR count). The Bertz CT molecular complexity index is 1020. The Kier molecular flexibility index (Phi) is 5.26. The molecule has 1 N–H and O–H groups in total. The third kappa shape index (κ3) is 3.24. The molecule has 2 aliphatic rings. The van der Waals surface area contributed by atoms with E-state index in [0.29, 0.717) is 19.3 Å². The van der Waals surface area contributed by atoms with Crippen LogP contribution in [0.3, 0.4) is 0 Å². The van der Waals surface area contributed by atoms with Crippen LogP contribution in [0.25, 0.3) is 0 Å². The van der Waals surface area contributed by atoms with Crippen molar-refractivity contribution in [2.75, 3.05) is 12.1 Å². The van der Waals surface area contributed by atoms with Gasteiger partial charge in [-0.1, -0.05) is 24.3 Å². The predicted molar refractivity (Wildman–Crippen MR) is 108 cm³/mol. The lowest BCUT2D eigenvalue weighted by Gasteiger charge is -2.54. The van der Waals surface area contributed by atoms with Crippen molar-refractivity contribution >= 4 is 5.91 Å². The van der Waals surface area contributed by atoms with Gasteiger partial charge in [0.2, 0.25) is 11.9 Å². The van der Waals surface area contributed by atoms with E-state index in [0.717, 1.165) is 11.1 Å². The van der Waals surface area contributed by atoms with Crippen molar-refractivity contribution < 1.29 is 18.7 Å². The van der Waals surface area contributed by atoms with Crippen LogP contribution in [0, 0.1) is 12.8 Å². The summed E-state index contributed by atoms with van der Waals surface area (Å²) in [6.07, 6.45) is 0.284. The molecule has 6 nitrogen and oxygen atoms in total. The summed E-state index contributed by atoms with van der Waals surface area (Å²) in [4.78, 5) is 26.5. The van der Waals surface area contributed by atoms with Crippen molar-refractivity contribution in [1.82, 2.24) is 9.58 Å². The molecule has 8 heteroatoms. The van der Waals surface area contributed by atoms with Crippen molar-refractivity contribution in [1.29, 1.82) is 0 Å². The molecule has 0 aliphatic carbocycles. The summed E-state index contributed by atoms with van der Waals surface area (Å²) in [5.74, 6) is -1.08. The van der Waals surface area contributed by atoms with Gasteiger partial charge in [0.25, 0.3) is 5.91 Å². The fourth-order valence-corrected chi connectivity index (χ4v) is 4.87. The summed E-state index contributed by atoms with van der Waals surface area (Å²) in [6, 6.07) is 8.75. The predicted octanol–water partition coefficient (Wildman–Crippen LogP) is 3.41. The Balaban J connectivity index is 1.90. The largest absolute Gasteiger partial charge is 0.502 e. The van der Waals surface area contributed by atoms with E-state index in [4.69, 9.17) is 0 Å². The third-order valence-electron chi connectivity index (χ3n) is 6.37. The number of benzene rings is 1. The van der Waals surface area contributed by atoms with E-state index in [2.05, 4.69) is 0 Å². The van der Waals surface area contributed by atoms with Crippen LogP contribution in [0.15, 0.2) is 41.3 Å². The molecule has 0 radical (unpaired) electrons. The topological polar surface area (TPSA) is 65.8 Å². The number of pyridine rings is 1. The minimum atomic E-state index is -2.38. The first-order valence-corrected chi connectivity index (χ1v) is 10.1. The molecule has 160 valence electrons. The molecular formula is C22H25F2N3O3. The summed E-state index contributed by atoms with van der Waals surface area (Å²) in [6.45, 7) is 1.98. The molecule has 30 heavy (non-hydrogen) atoms. The second-order valence-electron chi connectivity index (χ2n) is 8.11. The zero-order valence-electron chi connectivity index (χ0n) is 17.0. The molecule has 1 saturated heterocycles. The summed E-state index contributed by atoms with van der Waals surface area (Å²) < 4.78 is 27.6. The number of alkyl halides is 2. The summed E-state index contributed by atoms with van der Waals surface area (Å²) >= 11 is 0. The molecule has 0 spiro atoms. The lowest BCUT2D eigenvalue weighted by Crippen LogP contribution is -2.64. The van der Waals surface area contributed by atoms with Gasteiger partial charge in [-0.05, 0) is 43.2 Å². The molecule has 1 aromatic carbocycles. The van der Waals surface area contributed by atoms with Gasteiger partial charge in [0.05, 0.1) is 6.04 Å². The molecule has 1 amide bonds. The highest BCUT2D eigenvalue weighted by Crippen LogP contribution is 2.44. The van der Waals surface area contributed by atoms with Crippen LogP contribution in [0.1, 0.15) is 53.3 Å². The summed E-state index contributed by atoms with van der Waals surface area (Å²) in [5, 5.41) is 12.3. The maximum absolute atomic E-state index is 13.0. The highest BCUT2D eigenvalue weighted by molar-refractivity contribution is 5.96. The number of nitrogens with zero attached hydrogens (tertiary/aromatic N) is 3. The van der Waals surface area contributed by atoms with Gasteiger partial charge in [0.15, 0.2) is 11.4 Å². The maximum atomic E-state index is 13.0. The molecule has 2 aliphatic heterocycles. The second kappa shape index (κ2) is 7.74. The van der Waals surface area contributed by atoms with Gasteiger partial charge >= 0.3 is 0 Å². The minimum absolute atomic E-state index is 0.0626. The number of carbonyl (C=O) groups is 1. The van der Waals surface area contributed by atoms with Crippen LogP contribution in [0.4, 0.5) is 8.78 Å². The fourth-order valence-electron chi connectivity index (χ4n) is 4.87. The van der Waals surface area contributed by atoms with Crippen molar-refractivity contribution in [3.8, 4) is 5.75 Å². The normalized spacial score (nSPS) is 23.5. The number of amides is 1.